The van der Waals surface area contributed by atoms with Gasteiger partial charge in [-0.1, -0.05) is 0 Å². The molecular weight excluding hydrogens is 206 g/mol. The van der Waals surface area contributed by atoms with Gasteiger partial charge in [0.15, 0.2) is 0 Å². The van der Waals surface area contributed by atoms with Crippen molar-refractivity contribution < 1.29 is 9.53 Å². The fraction of sp³-hybridized carbons (Fsp3) is 0.636. The van der Waals surface area contributed by atoms with Crippen molar-refractivity contribution in [1.29, 1.82) is 0 Å². The Balaban J connectivity index is 2.21. The van der Waals surface area contributed by atoms with E-state index in [4.69, 9.17) is 4.74 Å². The second kappa shape index (κ2) is 4.15. The second-order valence-corrected chi connectivity index (χ2v) is 4.10. The van der Waals surface area contributed by atoms with E-state index in [0.29, 0.717) is 13.2 Å². The Bertz CT molecular complexity index is 400. The third kappa shape index (κ3) is 1.66. The van der Waals surface area contributed by atoms with Gasteiger partial charge in [0, 0.05) is 12.1 Å². The van der Waals surface area contributed by atoms with Gasteiger partial charge in [0.05, 0.1) is 24.8 Å². The van der Waals surface area contributed by atoms with Gasteiger partial charge in [-0.2, -0.15) is 5.10 Å². The highest BCUT2D eigenvalue weighted by molar-refractivity contribution is 5.74. The molecule has 0 saturated carbocycles. The van der Waals surface area contributed by atoms with Gasteiger partial charge >= 0.3 is 5.97 Å². The van der Waals surface area contributed by atoms with E-state index in [1.807, 2.05) is 31.6 Å². The van der Waals surface area contributed by atoms with Gasteiger partial charge in [-0.3, -0.25) is 4.79 Å². The molecule has 2 atom stereocenters. The van der Waals surface area contributed by atoms with Crippen LogP contribution >= 0.6 is 0 Å². The average Bonchev–Trinajstić information content (AvgIpc) is 2.62. The van der Waals surface area contributed by atoms with E-state index in [2.05, 4.69) is 10.4 Å². The lowest BCUT2D eigenvalue weighted by molar-refractivity contribution is -0.149. The Labute approximate surface area is 94.8 Å². The number of nitrogens with one attached hydrogen (secondary N) is 1. The van der Waals surface area contributed by atoms with Crippen LogP contribution in [0.25, 0.3) is 0 Å². The molecule has 2 rings (SSSR count). The number of fused-ring (bicyclic) bond motifs is 1. The first-order chi connectivity index (χ1) is 7.65. The lowest BCUT2D eigenvalue weighted by Crippen LogP contribution is -2.37. The molecule has 0 fully saturated rings. The van der Waals surface area contributed by atoms with Crippen LogP contribution in [-0.2, 0) is 9.53 Å². The van der Waals surface area contributed by atoms with E-state index in [1.165, 1.54) is 0 Å². The minimum Gasteiger partial charge on any atom is -0.466 e. The molecule has 1 aromatic rings. The fourth-order valence-corrected chi connectivity index (χ4v) is 2.05. The molecule has 1 aromatic heterocycles. The Morgan fingerprint density at radius 2 is 2.50 bits per heavy atom. The summed E-state index contributed by atoms with van der Waals surface area (Å²) in [7, 11) is 0. The maximum absolute atomic E-state index is 11.7. The summed E-state index contributed by atoms with van der Waals surface area (Å²) in [5.74, 6) is 0.695. The number of hydrogen-bond acceptors (Lipinski definition) is 4. The molecular formula is C11H17N3O2. The Morgan fingerprint density at radius 3 is 3.19 bits per heavy atom. The third-order valence-electron chi connectivity index (χ3n) is 3.03. The molecule has 0 bridgehead atoms. The van der Waals surface area contributed by atoms with E-state index >= 15 is 0 Å². The first-order valence-electron chi connectivity index (χ1n) is 5.59. The number of carbonyl (C=O) groups excluding carboxylic acids is 1. The normalized spacial score (nSPS) is 23.4. The number of carbonyl (C=O) groups is 1. The molecule has 0 spiro atoms. The molecule has 2 unspecified atom stereocenters. The van der Waals surface area contributed by atoms with E-state index in [1.54, 1.807) is 0 Å². The summed E-state index contributed by atoms with van der Waals surface area (Å²) in [6.45, 7) is 6.86. The number of hydrogen-bond donors (Lipinski definition) is 1. The van der Waals surface area contributed by atoms with Crippen molar-refractivity contribution in [1.82, 2.24) is 9.78 Å². The summed E-state index contributed by atoms with van der Waals surface area (Å²) >= 11 is 0. The molecule has 0 saturated heterocycles. The van der Waals surface area contributed by atoms with Crippen molar-refractivity contribution in [3.8, 4) is 0 Å². The van der Waals surface area contributed by atoms with Crippen LogP contribution in [0.4, 0.5) is 5.82 Å². The quantitative estimate of drug-likeness (QED) is 0.769. The zero-order chi connectivity index (χ0) is 11.7. The number of aryl methyl sites for hydroxylation is 1. The number of rotatable bonds is 2. The van der Waals surface area contributed by atoms with Crippen molar-refractivity contribution in [3.05, 3.63) is 11.8 Å². The number of aromatic nitrogens is 2. The molecule has 1 aliphatic heterocycles. The lowest BCUT2D eigenvalue weighted by Gasteiger charge is -2.30. The predicted octanol–water partition coefficient (Wildman–Crippen LogP) is 1.36. The third-order valence-corrected chi connectivity index (χ3v) is 3.03. The molecule has 5 nitrogen and oxygen atoms in total. The molecule has 2 heterocycles. The summed E-state index contributed by atoms with van der Waals surface area (Å²) < 4.78 is 6.92. The summed E-state index contributed by atoms with van der Waals surface area (Å²) in [5.41, 5.74) is 1.11. The lowest BCUT2D eigenvalue weighted by atomic mass is 9.99. The summed E-state index contributed by atoms with van der Waals surface area (Å²) in [6, 6.07) is 0.0454. The van der Waals surface area contributed by atoms with Crippen LogP contribution in [0.1, 0.15) is 25.5 Å². The van der Waals surface area contributed by atoms with Crippen molar-refractivity contribution >= 4 is 11.8 Å². The first-order valence-corrected chi connectivity index (χ1v) is 5.59. The Hall–Kier alpha value is -1.52. The summed E-state index contributed by atoms with van der Waals surface area (Å²) in [5, 5.41) is 7.51. The van der Waals surface area contributed by atoms with Gasteiger partial charge in [0.2, 0.25) is 0 Å². The molecule has 16 heavy (non-hydrogen) atoms. The summed E-state index contributed by atoms with van der Waals surface area (Å²) in [4.78, 5) is 11.7. The smallest absolute Gasteiger partial charge is 0.312 e. The highest BCUT2D eigenvalue weighted by Crippen LogP contribution is 2.30. The number of nitrogens with zero attached hydrogens (tertiary/aromatic N) is 2. The first kappa shape index (κ1) is 11.0. The van der Waals surface area contributed by atoms with Gasteiger partial charge in [0.1, 0.15) is 5.82 Å². The molecule has 1 N–H and O–H groups in total. The Kier molecular flexibility index (Phi) is 2.85. The van der Waals surface area contributed by atoms with E-state index in [0.717, 1.165) is 11.4 Å². The van der Waals surface area contributed by atoms with Crippen molar-refractivity contribution in [2.45, 2.75) is 26.8 Å². The van der Waals surface area contributed by atoms with Crippen molar-refractivity contribution in [2.75, 3.05) is 18.5 Å². The molecule has 0 aliphatic carbocycles. The maximum Gasteiger partial charge on any atom is 0.312 e. The van der Waals surface area contributed by atoms with Gasteiger partial charge in [-0.25, -0.2) is 4.68 Å². The predicted molar refractivity (Wildman–Crippen MR) is 60.3 cm³/mol. The molecule has 5 heteroatoms. The topological polar surface area (TPSA) is 56.1 Å². The van der Waals surface area contributed by atoms with E-state index < -0.39 is 0 Å². The maximum atomic E-state index is 11.7. The van der Waals surface area contributed by atoms with Crippen LogP contribution in [0.15, 0.2) is 6.20 Å². The number of anilines is 1. The van der Waals surface area contributed by atoms with Gasteiger partial charge in [-0.05, 0) is 20.8 Å². The van der Waals surface area contributed by atoms with Crippen LogP contribution in [0.5, 0.6) is 0 Å². The zero-order valence-electron chi connectivity index (χ0n) is 9.86. The van der Waals surface area contributed by atoms with Crippen LogP contribution in [0, 0.1) is 12.8 Å². The molecule has 0 amide bonds. The average molecular weight is 223 g/mol. The highest BCUT2D eigenvalue weighted by Gasteiger charge is 2.33. The Morgan fingerprint density at radius 1 is 1.75 bits per heavy atom. The van der Waals surface area contributed by atoms with Crippen molar-refractivity contribution in [3.63, 3.8) is 0 Å². The summed E-state index contributed by atoms with van der Waals surface area (Å²) in [6.07, 6.45) is 1.81. The SMILES string of the molecule is CCOC(=O)C1CNc2c(C)cnn2C1C. The van der Waals surface area contributed by atoms with E-state index in [-0.39, 0.29) is 17.9 Å². The monoisotopic (exact) mass is 223 g/mol. The van der Waals surface area contributed by atoms with Gasteiger partial charge < -0.3 is 10.1 Å². The molecule has 0 radical (unpaired) electrons. The molecule has 88 valence electrons. The van der Waals surface area contributed by atoms with E-state index in [9.17, 15) is 4.79 Å². The van der Waals surface area contributed by atoms with Crippen LogP contribution < -0.4 is 5.32 Å². The minimum absolute atomic E-state index is 0.0454. The fourth-order valence-electron chi connectivity index (χ4n) is 2.05. The minimum atomic E-state index is -0.160. The van der Waals surface area contributed by atoms with Gasteiger partial charge in [-0.15, -0.1) is 0 Å². The molecule has 1 aliphatic rings. The van der Waals surface area contributed by atoms with Crippen molar-refractivity contribution in [2.24, 2.45) is 5.92 Å². The standard InChI is InChI=1S/C11H17N3O2/c1-4-16-11(15)9-6-12-10-7(2)5-13-14(10)8(9)3/h5,8-9,12H,4,6H2,1-3H3. The van der Waals surface area contributed by atoms with Gasteiger partial charge in [0.25, 0.3) is 0 Å². The van der Waals surface area contributed by atoms with Crippen LogP contribution in [-0.4, -0.2) is 28.9 Å². The zero-order valence-corrected chi connectivity index (χ0v) is 9.86. The second-order valence-electron chi connectivity index (χ2n) is 4.10. The highest BCUT2D eigenvalue weighted by atomic mass is 16.5. The molecule has 0 aromatic carbocycles. The largest absolute Gasteiger partial charge is 0.466 e. The van der Waals surface area contributed by atoms with Crippen LogP contribution in [0.2, 0.25) is 0 Å². The van der Waals surface area contributed by atoms with Crippen LogP contribution in [0.3, 0.4) is 0 Å². The number of ether oxygens (including phenoxy) is 1. The number of esters is 1.